The third-order valence-corrected chi connectivity index (χ3v) is 3.60. The van der Waals surface area contributed by atoms with Crippen LogP contribution in [-0.2, 0) is 0 Å². The lowest BCUT2D eigenvalue weighted by molar-refractivity contribution is 0.102. The fourth-order valence-corrected chi connectivity index (χ4v) is 2.47. The number of nitrogens with one attached hydrogen (secondary N) is 1. The van der Waals surface area contributed by atoms with E-state index < -0.39 is 0 Å². The Morgan fingerprint density at radius 1 is 1.24 bits per heavy atom. The predicted octanol–water partition coefficient (Wildman–Crippen LogP) is 3.16. The smallest absolute Gasteiger partial charge is 0.274 e. The summed E-state index contributed by atoms with van der Waals surface area (Å²) in [5.74, 6) is -0.252. The number of aromatic nitrogens is 3. The van der Waals surface area contributed by atoms with Crippen molar-refractivity contribution >= 4 is 22.9 Å². The van der Waals surface area contributed by atoms with Gasteiger partial charge in [0.05, 0.1) is 28.0 Å². The summed E-state index contributed by atoms with van der Waals surface area (Å²) in [5.41, 5.74) is 4.50. The van der Waals surface area contributed by atoms with Gasteiger partial charge in [-0.3, -0.25) is 14.8 Å². The van der Waals surface area contributed by atoms with Crippen LogP contribution in [0.2, 0.25) is 0 Å². The van der Waals surface area contributed by atoms with E-state index >= 15 is 0 Å². The second-order valence-corrected chi connectivity index (χ2v) is 5.36. The van der Waals surface area contributed by atoms with Gasteiger partial charge in [-0.15, -0.1) is 11.3 Å². The first-order valence-corrected chi connectivity index (χ1v) is 7.19. The number of aryl methyl sites for hydroxylation is 1. The summed E-state index contributed by atoms with van der Waals surface area (Å²) < 4.78 is 0. The largest absolute Gasteiger partial charge is 0.319 e. The molecule has 104 valence electrons. The summed E-state index contributed by atoms with van der Waals surface area (Å²) in [4.78, 5) is 25.6. The first-order valence-electron chi connectivity index (χ1n) is 6.31. The number of amides is 1. The normalized spacial score (nSPS) is 10.3. The van der Waals surface area contributed by atoms with Crippen LogP contribution >= 0.6 is 11.3 Å². The molecular formula is C15H12N4OS. The highest BCUT2D eigenvalue weighted by Crippen LogP contribution is 2.22. The highest BCUT2D eigenvalue weighted by molar-refractivity contribution is 7.13. The number of carbonyl (C=O) groups is 1. The van der Waals surface area contributed by atoms with Crippen molar-refractivity contribution in [3.63, 3.8) is 0 Å². The van der Waals surface area contributed by atoms with E-state index in [4.69, 9.17) is 0 Å². The van der Waals surface area contributed by atoms with Crippen LogP contribution in [0.5, 0.6) is 0 Å². The van der Waals surface area contributed by atoms with Gasteiger partial charge in [-0.2, -0.15) is 0 Å². The second kappa shape index (κ2) is 5.80. The molecule has 3 rings (SSSR count). The highest BCUT2D eigenvalue weighted by Gasteiger charge is 2.11. The maximum Gasteiger partial charge on any atom is 0.274 e. The molecule has 0 saturated heterocycles. The monoisotopic (exact) mass is 296 g/mol. The van der Waals surface area contributed by atoms with Crippen LogP contribution in [0.25, 0.3) is 10.6 Å². The Morgan fingerprint density at radius 3 is 2.86 bits per heavy atom. The van der Waals surface area contributed by atoms with Gasteiger partial charge in [0.1, 0.15) is 5.69 Å². The maximum atomic E-state index is 12.3. The van der Waals surface area contributed by atoms with Crippen molar-refractivity contribution in [2.24, 2.45) is 0 Å². The molecule has 0 radical (unpaired) electrons. The van der Waals surface area contributed by atoms with Crippen LogP contribution in [0.4, 0.5) is 5.69 Å². The van der Waals surface area contributed by atoms with E-state index in [-0.39, 0.29) is 5.91 Å². The lowest BCUT2D eigenvalue weighted by Crippen LogP contribution is -2.14. The number of anilines is 1. The van der Waals surface area contributed by atoms with Gasteiger partial charge in [0.2, 0.25) is 0 Å². The minimum absolute atomic E-state index is 0.252. The molecule has 0 aliphatic heterocycles. The molecule has 0 aromatic carbocycles. The number of hydrogen-bond acceptors (Lipinski definition) is 5. The van der Waals surface area contributed by atoms with Crippen LogP contribution < -0.4 is 5.32 Å². The topological polar surface area (TPSA) is 67.8 Å². The first-order chi connectivity index (χ1) is 10.2. The van der Waals surface area contributed by atoms with Crippen molar-refractivity contribution in [3.05, 3.63) is 59.6 Å². The van der Waals surface area contributed by atoms with Gasteiger partial charge >= 0.3 is 0 Å². The third-order valence-electron chi connectivity index (χ3n) is 2.81. The van der Waals surface area contributed by atoms with E-state index in [9.17, 15) is 4.79 Å². The Labute approximate surface area is 125 Å². The molecule has 0 bridgehead atoms. The Bertz CT molecular complexity index is 757. The minimum Gasteiger partial charge on any atom is -0.319 e. The van der Waals surface area contributed by atoms with E-state index in [2.05, 4.69) is 20.3 Å². The average Bonchev–Trinajstić information content (AvgIpc) is 3.02. The number of rotatable bonds is 3. The van der Waals surface area contributed by atoms with Gasteiger partial charge in [-0.1, -0.05) is 0 Å². The Morgan fingerprint density at radius 2 is 2.14 bits per heavy atom. The zero-order valence-electron chi connectivity index (χ0n) is 11.3. The molecule has 3 heterocycles. The highest BCUT2D eigenvalue weighted by atomic mass is 32.1. The number of hydrogen-bond donors (Lipinski definition) is 1. The van der Waals surface area contributed by atoms with Crippen molar-refractivity contribution in [2.45, 2.75) is 6.92 Å². The standard InChI is InChI=1S/C15H12N4OS/c1-10-5-12(14-8-17-9-21-14)19-13(6-10)15(20)18-11-3-2-4-16-7-11/h2-9H,1H3,(H,18,20). The summed E-state index contributed by atoms with van der Waals surface area (Å²) in [6.07, 6.45) is 5.00. The number of thiazole rings is 1. The summed E-state index contributed by atoms with van der Waals surface area (Å²) in [5, 5.41) is 2.78. The fraction of sp³-hybridized carbons (Fsp3) is 0.0667. The van der Waals surface area contributed by atoms with Gasteiger partial charge in [0, 0.05) is 12.4 Å². The summed E-state index contributed by atoms with van der Waals surface area (Å²) in [6, 6.07) is 7.25. The molecule has 0 spiro atoms. The summed E-state index contributed by atoms with van der Waals surface area (Å²) in [7, 11) is 0. The molecule has 0 saturated carbocycles. The van der Waals surface area contributed by atoms with Crippen LogP contribution in [-0.4, -0.2) is 20.9 Å². The zero-order chi connectivity index (χ0) is 14.7. The van der Waals surface area contributed by atoms with Gasteiger partial charge in [-0.05, 0) is 36.8 Å². The lowest BCUT2D eigenvalue weighted by Gasteiger charge is -2.06. The molecule has 0 unspecified atom stereocenters. The average molecular weight is 296 g/mol. The molecule has 0 fully saturated rings. The molecule has 0 aliphatic carbocycles. The van der Waals surface area contributed by atoms with E-state index in [1.165, 1.54) is 11.3 Å². The Balaban J connectivity index is 1.90. The summed E-state index contributed by atoms with van der Waals surface area (Å²) >= 11 is 1.49. The Hall–Kier alpha value is -2.60. The molecule has 0 aliphatic rings. The van der Waals surface area contributed by atoms with E-state index in [0.717, 1.165) is 16.1 Å². The maximum absolute atomic E-state index is 12.3. The quantitative estimate of drug-likeness (QED) is 0.806. The van der Waals surface area contributed by atoms with Gasteiger partial charge in [0.15, 0.2) is 0 Å². The van der Waals surface area contributed by atoms with Gasteiger partial charge in [0.25, 0.3) is 5.91 Å². The summed E-state index contributed by atoms with van der Waals surface area (Å²) in [6.45, 7) is 1.94. The number of pyridine rings is 2. The zero-order valence-corrected chi connectivity index (χ0v) is 12.1. The second-order valence-electron chi connectivity index (χ2n) is 4.48. The minimum atomic E-state index is -0.252. The van der Waals surface area contributed by atoms with Crippen LogP contribution in [0.1, 0.15) is 16.1 Å². The SMILES string of the molecule is Cc1cc(C(=O)Nc2cccnc2)nc(-c2cncs2)c1. The molecule has 1 amide bonds. The molecule has 3 aromatic rings. The van der Waals surface area contributed by atoms with Crippen molar-refractivity contribution in [1.82, 2.24) is 15.0 Å². The molecule has 3 aromatic heterocycles. The molecular weight excluding hydrogens is 284 g/mol. The van der Waals surface area contributed by atoms with Gasteiger partial charge in [-0.25, -0.2) is 4.98 Å². The predicted molar refractivity (Wildman–Crippen MR) is 82.3 cm³/mol. The van der Waals surface area contributed by atoms with Crippen LogP contribution in [0.3, 0.4) is 0 Å². The molecule has 1 N–H and O–H groups in total. The van der Waals surface area contributed by atoms with Crippen LogP contribution in [0, 0.1) is 6.92 Å². The molecule has 5 nitrogen and oxygen atoms in total. The van der Waals surface area contributed by atoms with Crippen LogP contribution in [0.15, 0.2) is 48.4 Å². The van der Waals surface area contributed by atoms with Gasteiger partial charge < -0.3 is 5.32 Å². The lowest BCUT2D eigenvalue weighted by atomic mass is 10.2. The van der Waals surface area contributed by atoms with Crippen molar-refractivity contribution in [2.75, 3.05) is 5.32 Å². The number of nitrogens with zero attached hydrogens (tertiary/aromatic N) is 3. The third kappa shape index (κ3) is 3.11. The van der Waals surface area contributed by atoms with Crippen molar-refractivity contribution in [1.29, 1.82) is 0 Å². The Kier molecular flexibility index (Phi) is 3.70. The fourth-order valence-electron chi connectivity index (χ4n) is 1.88. The van der Waals surface area contributed by atoms with Crippen molar-refractivity contribution in [3.8, 4) is 10.6 Å². The van der Waals surface area contributed by atoms with Crippen molar-refractivity contribution < 1.29 is 4.79 Å². The van der Waals surface area contributed by atoms with E-state index in [0.29, 0.717) is 11.4 Å². The molecule has 21 heavy (non-hydrogen) atoms. The first kappa shape index (κ1) is 13.4. The number of carbonyl (C=O) groups excluding carboxylic acids is 1. The molecule has 0 atom stereocenters. The molecule has 6 heteroatoms. The van der Waals surface area contributed by atoms with E-state index in [1.54, 1.807) is 42.3 Å². The van der Waals surface area contributed by atoms with E-state index in [1.807, 2.05) is 13.0 Å².